The van der Waals surface area contributed by atoms with Gasteiger partial charge in [0.25, 0.3) is 0 Å². The van der Waals surface area contributed by atoms with E-state index in [9.17, 15) is 0 Å². The largest absolute Gasteiger partial charge is 0.396 e. The van der Waals surface area contributed by atoms with Gasteiger partial charge in [0, 0.05) is 37.0 Å². The fourth-order valence-electron chi connectivity index (χ4n) is 2.75. The second-order valence-corrected chi connectivity index (χ2v) is 5.06. The molecule has 100 valence electrons. The van der Waals surface area contributed by atoms with Crippen LogP contribution in [0.25, 0.3) is 0 Å². The first-order valence-electron chi connectivity index (χ1n) is 6.82. The SMILES string of the molecule is C[C@H](N)c1cccnc1N1CCCC1CCCO. The molecule has 2 heterocycles. The monoisotopic (exact) mass is 249 g/mol. The van der Waals surface area contributed by atoms with E-state index in [2.05, 4.69) is 16.0 Å². The Hall–Kier alpha value is -1.13. The van der Waals surface area contributed by atoms with Crippen LogP contribution in [0, 0.1) is 0 Å². The highest BCUT2D eigenvalue weighted by molar-refractivity contribution is 5.50. The standard InChI is InChI=1S/C14H23N3O/c1-11(15)13-7-2-8-16-14(13)17-9-3-5-12(17)6-4-10-18/h2,7-8,11-12,18H,3-6,9-10,15H2,1H3/t11-,12?/m0/s1. The summed E-state index contributed by atoms with van der Waals surface area (Å²) in [6, 6.07) is 4.52. The Balaban J connectivity index is 2.19. The van der Waals surface area contributed by atoms with Gasteiger partial charge in [-0.15, -0.1) is 0 Å². The second-order valence-electron chi connectivity index (χ2n) is 5.06. The molecule has 0 radical (unpaired) electrons. The van der Waals surface area contributed by atoms with Gasteiger partial charge in [0.05, 0.1) is 0 Å². The number of nitrogens with two attached hydrogens (primary N) is 1. The van der Waals surface area contributed by atoms with Crippen molar-refractivity contribution >= 4 is 5.82 Å². The van der Waals surface area contributed by atoms with Gasteiger partial charge in [-0.3, -0.25) is 0 Å². The molecule has 0 aliphatic carbocycles. The summed E-state index contributed by atoms with van der Waals surface area (Å²) in [5.74, 6) is 1.04. The van der Waals surface area contributed by atoms with Crippen LogP contribution < -0.4 is 10.6 Å². The molecule has 0 bridgehead atoms. The van der Waals surface area contributed by atoms with Crippen molar-refractivity contribution in [1.29, 1.82) is 0 Å². The molecule has 4 nitrogen and oxygen atoms in total. The third-order valence-corrected chi connectivity index (χ3v) is 3.65. The molecule has 0 aromatic carbocycles. The number of anilines is 1. The van der Waals surface area contributed by atoms with Crippen LogP contribution in [0.5, 0.6) is 0 Å². The van der Waals surface area contributed by atoms with Crippen LogP contribution in [-0.4, -0.2) is 29.3 Å². The Bertz CT molecular complexity index is 381. The summed E-state index contributed by atoms with van der Waals surface area (Å²) in [5.41, 5.74) is 7.14. The number of aromatic nitrogens is 1. The summed E-state index contributed by atoms with van der Waals surface area (Å²) in [4.78, 5) is 6.89. The average Bonchev–Trinajstić information content (AvgIpc) is 2.84. The molecule has 1 fully saturated rings. The van der Waals surface area contributed by atoms with Crippen molar-refractivity contribution in [3.8, 4) is 0 Å². The molecule has 0 amide bonds. The van der Waals surface area contributed by atoms with Crippen LogP contribution in [0.15, 0.2) is 18.3 Å². The number of nitrogens with zero attached hydrogens (tertiary/aromatic N) is 2. The molecule has 18 heavy (non-hydrogen) atoms. The van der Waals surface area contributed by atoms with Gasteiger partial charge in [0.15, 0.2) is 0 Å². The summed E-state index contributed by atoms with van der Waals surface area (Å²) in [5, 5.41) is 8.97. The van der Waals surface area contributed by atoms with Crippen LogP contribution in [0.2, 0.25) is 0 Å². The molecule has 1 unspecified atom stereocenters. The van der Waals surface area contributed by atoms with Crippen LogP contribution in [0.3, 0.4) is 0 Å². The number of pyridine rings is 1. The third-order valence-electron chi connectivity index (χ3n) is 3.65. The van der Waals surface area contributed by atoms with Crippen LogP contribution in [0.1, 0.15) is 44.2 Å². The zero-order valence-corrected chi connectivity index (χ0v) is 11.0. The predicted molar refractivity (Wildman–Crippen MR) is 73.5 cm³/mol. The van der Waals surface area contributed by atoms with Crippen molar-refractivity contribution in [3.63, 3.8) is 0 Å². The minimum atomic E-state index is 0.00721. The maximum Gasteiger partial charge on any atom is 0.133 e. The minimum Gasteiger partial charge on any atom is -0.396 e. The molecule has 2 rings (SSSR count). The van der Waals surface area contributed by atoms with E-state index in [-0.39, 0.29) is 12.6 Å². The maximum absolute atomic E-state index is 8.97. The first-order chi connectivity index (χ1) is 8.74. The lowest BCUT2D eigenvalue weighted by molar-refractivity contribution is 0.279. The Labute approximate surface area is 109 Å². The first-order valence-corrected chi connectivity index (χ1v) is 6.82. The quantitative estimate of drug-likeness (QED) is 0.836. The summed E-state index contributed by atoms with van der Waals surface area (Å²) >= 11 is 0. The lowest BCUT2D eigenvalue weighted by Gasteiger charge is -2.28. The lowest BCUT2D eigenvalue weighted by Crippen LogP contribution is -2.31. The van der Waals surface area contributed by atoms with E-state index in [1.54, 1.807) is 0 Å². The third kappa shape index (κ3) is 2.82. The van der Waals surface area contributed by atoms with E-state index in [4.69, 9.17) is 10.8 Å². The number of rotatable bonds is 5. The van der Waals surface area contributed by atoms with Gasteiger partial charge >= 0.3 is 0 Å². The number of hydrogen-bond acceptors (Lipinski definition) is 4. The number of hydrogen-bond donors (Lipinski definition) is 2. The van der Waals surface area contributed by atoms with Crippen LogP contribution in [0.4, 0.5) is 5.82 Å². The van der Waals surface area contributed by atoms with Gasteiger partial charge in [0.2, 0.25) is 0 Å². The Morgan fingerprint density at radius 3 is 3.17 bits per heavy atom. The molecule has 1 aromatic rings. The Morgan fingerprint density at radius 1 is 1.61 bits per heavy atom. The van der Waals surface area contributed by atoms with Crippen molar-refractivity contribution in [3.05, 3.63) is 23.9 Å². The zero-order valence-electron chi connectivity index (χ0n) is 11.0. The molecule has 4 heteroatoms. The van der Waals surface area contributed by atoms with Crippen molar-refractivity contribution < 1.29 is 5.11 Å². The zero-order chi connectivity index (χ0) is 13.0. The van der Waals surface area contributed by atoms with Crippen molar-refractivity contribution in [2.75, 3.05) is 18.1 Å². The van der Waals surface area contributed by atoms with Gasteiger partial charge in [0.1, 0.15) is 5.82 Å². The van der Waals surface area contributed by atoms with E-state index in [0.717, 1.165) is 30.8 Å². The van der Waals surface area contributed by atoms with E-state index >= 15 is 0 Å². The van der Waals surface area contributed by atoms with E-state index < -0.39 is 0 Å². The van der Waals surface area contributed by atoms with Gasteiger partial charge in [-0.2, -0.15) is 0 Å². The second kappa shape index (κ2) is 6.16. The molecular formula is C14H23N3O. The molecule has 2 atom stereocenters. The van der Waals surface area contributed by atoms with Crippen molar-refractivity contribution in [2.45, 2.75) is 44.7 Å². The molecule has 1 aromatic heterocycles. The maximum atomic E-state index is 8.97. The van der Waals surface area contributed by atoms with Gasteiger partial charge in [-0.05, 0) is 38.7 Å². The van der Waals surface area contributed by atoms with Crippen LogP contribution >= 0.6 is 0 Å². The number of aliphatic hydroxyl groups excluding tert-OH is 1. The Kier molecular flexibility index (Phi) is 4.55. The molecule has 0 spiro atoms. The number of aliphatic hydroxyl groups is 1. The van der Waals surface area contributed by atoms with Gasteiger partial charge < -0.3 is 15.7 Å². The highest BCUT2D eigenvalue weighted by Gasteiger charge is 2.27. The van der Waals surface area contributed by atoms with E-state index in [1.165, 1.54) is 12.8 Å². The molecule has 0 saturated carbocycles. The van der Waals surface area contributed by atoms with E-state index in [1.807, 2.05) is 19.2 Å². The fourth-order valence-corrected chi connectivity index (χ4v) is 2.75. The van der Waals surface area contributed by atoms with Crippen molar-refractivity contribution in [2.24, 2.45) is 5.73 Å². The fraction of sp³-hybridized carbons (Fsp3) is 0.643. The summed E-state index contributed by atoms with van der Waals surface area (Å²) in [7, 11) is 0. The summed E-state index contributed by atoms with van der Waals surface area (Å²) in [6.07, 6.45) is 6.12. The average molecular weight is 249 g/mol. The topological polar surface area (TPSA) is 62.4 Å². The highest BCUT2D eigenvalue weighted by Crippen LogP contribution is 2.30. The molecule has 1 aliphatic heterocycles. The molecule has 1 saturated heterocycles. The van der Waals surface area contributed by atoms with Gasteiger partial charge in [-0.25, -0.2) is 4.98 Å². The van der Waals surface area contributed by atoms with Crippen molar-refractivity contribution in [1.82, 2.24) is 4.98 Å². The molecule has 1 aliphatic rings. The normalized spacial score (nSPS) is 21.3. The predicted octanol–water partition coefficient (Wildman–Crippen LogP) is 1.84. The summed E-state index contributed by atoms with van der Waals surface area (Å²) in [6.45, 7) is 3.32. The van der Waals surface area contributed by atoms with Gasteiger partial charge in [-0.1, -0.05) is 6.07 Å². The molecule has 3 N–H and O–H groups in total. The lowest BCUT2D eigenvalue weighted by atomic mass is 10.1. The first kappa shape index (κ1) is 13.3. The Morgan fingerprint density at radius 2 is 2.44 bits per heavy atom. The highest BCUT2D eigenvalue weighted by atomic mass is 16.2. The summed E-state index contributed by atoms with van der Waals surface area (Å²) < 4.78 is 0. The smallest absolute Gasteiger partial charge is 0.133 e. The molecular weight excluding hydrogens is 226 g/mol. The van der Waals surface area contributed by atoms with Crippen LogP contribution in [-0.2, 0) is 0 Å². The minimum absolute atomic E-state index is 0.00721. The van der Waals surface area contributed by atoms with E-state index in [0.29, 0.717) is 6.04 Å².